The zero-order valence-electron chi connectivity index (χ0n) is 16.1. The number of nitrogens with one attached hydrogen (secondary N) is 1. The number of esters is 1. The van der Waals surface area contributed by atoms with E-state index in [0.29, 0.717) is 16.3 Å². The Bertz CT molecular complexity index is 1050. The second kappa shape index (κ2) is 8.08. The van der Waals surface area contributed by atoms with Crippen LogP contribution in [0.5, 0.6) is 5.75 Å². The highest BCUT2D eigenvalue weighted by atomic mass is 32.1. The quantitative estimate of drug-likeness (QED) is 0.627. The molecule has 0 fully saturated rings. The van der Waals surface area contributed by atoms with Crippen molar-refractivity contribution in [3.05, 3.63) is 52.0 Å². The molecule has 8 heteroatoms. The minimum Gasteiger partial charge on any atom is -0.497 e. The van der Waals surface area contributed by atoms with E-state index in [9.17, 15) is 9.59 Å². The molecule has 1 aliphatic rings. The Balaban J connectivity index is 1.58. The van der Waals surface area contributed by atoms with Gasteiger partial charge in [0.2, 0.25) is 0 Å². The average Bonchev–Trinajstić information content (AvgIpc) is 3.38. The highest BCUT2D eigenvalue weighted by Crippen LogP contribution is 2.38. The number of hydrogen-bond donors (Lipinski definition) is 1. The lowest BCUT2D eigenvalue weighted by atomic mass is 9.95. The molecule has 29 heavy (non-hydrogen) atoms. The lowest BCUT2D eigenvalue weighted by molar-refractivity contribution is 0.0601. The molecule has 1 aromatic carbocycles. The van der Waals surface area contributed by atoms with Crippen LogP contribution < -0.4 is 10.1 Å². The molecule has 7 nitrogen and oxygen atoms in total. The molecule has 0 unspecified atom stereocenters. The van der Waals surface area contributed by atoms with E-state index >= 15 is 0 Å². The number of fused-ring (bicyclic) bond motifs is 1. The molecule has 0 aliphatic heterocycles. The third-order valence-corrected chi connectivity index (χ3v) is 6.11. The minimum atomic E-state index is -0.433. The number of aromatic nitrogens is 1. The molecular formula is C21H20N2O5S. The smallest absolute Gasteiger partial charge is 0.341 e. The molecule has 2 heterocycles. The largest absolute Gasteiger partial charge is 0.497 e. The van der Waals surface area contributed by atoms with E-state index in [1.807, 2.05) is 12.1 Å². The van der Waals surface area contributed by atoms with Crippen molar-refractivity contribution in [2.75, 3.05) is 19.5 Å². The van der Waals surface area contributed by atoms with Gasteiger partial charge < -0.3 is 19.3 Å². The van der Waals surface area contributed by atoms with E-state index in [-0.39, 0.29) is 5.69 Å². The van der Waals surface area contributed by atoms with Crippen LogP contribution in [0.15, 0.2) is 34.9 Å². The molecule has 0 spiro atoms. The summed E-state index contributed by atoms with van der Waals surface area (Å²) in [5, 5.41) is 7.20. The third kappa shape index (κ3) is 3.75. The van der Waals surface area contributed by atoms with Crippen LogP contribution in [-0.4, -0.2) is 31.3 Å². The van der Waals surface area contributed by atoms with E-state index in [1.165, 1.54) is 18.4 Å². The second-order valence-electron chi connectivity index (χ2n) is 6.67. The second-order valence-corrected chi connectivity index (χ2v) is 7.77. The first-order chi connectivity index (χ1) is 14.1. The molecule has 0 saturated heterocycles. The molecule has 0 saturated carbocycles. The normalized spacial score (nSPS) is 12.9. The summed E-state index contributed by atoms with van der Waals surface area (Å²) in [6, 6.07) is 8.82. The first-order valence-corrected chi connectivity index (χ1v) is 10.1. The number of thiophene rings is 1. The fourth-order valence-corrected chi connectivity index (χ4v) is 4.69. The van der Waals surface area contributed by atoms with Crippen molar-refractivity contribution in [2.45, 2.75) is 25.7 Å². The molecule has 1 N–H and O–H groups in total. The van der Waals surface area contributed by atoms with Crippen molar-refractivity contribution >= 4 is 28.2 Å². The zero-order chi connectivity index (χ0) is 20.4. The van der Waals surface area contributed by atoms with Gasteiger partial charge in [0.25, 0.3) is 5.91 Å². The summed E-state index contributed by atoms with van der Waals surface area (Å²) in [6.45, 7) is 0. The number of benzene rings is 1. The van der Waals surface area contributed by atoms with E-state index in [4.69, 9.17) is 14.0 Å². The van der Waals surface area contributed by atoms with Crippen molar-refractivity contribution in [3.8, 4) is 17.1 Å². The highest BCUT2D eigenvalue weighted by molar-refractivity contribution is 7.17. The van der Waals surface area contributed by atoms with Crippen LogP contribution in [0.4, 0.5) is 5.00 Å². The number of ether oxygens (including phenoxy) is 2. The van der Waals surface area contributed by atoms with Gasteiger partial charge in [-0.3, -0.25) is 4.79 Å². The SMILES string of the molecule is COC(=O)c1c(NC(=O)c2cc(-c3ccc(OC)cc3)on2)sc2c1CCCC2. The summed E-state index contributed by atoms with van der Waals surface area (Å²) in [4.78, 5) is 26.2. The van der Waals surface area contributed by atoms with Crippen LogP contribution in [0.25, 0.3) is 11.3 Å². The van der Waals surface area contributed by atoms with Gasteiger partial charge in [0, 0.05) is 16.5 Å². The van der Waals surface area contributed by atoms with Crippen molar-refractivity contribution in [3.63, 3.8) is 0 Å². The van der Waals surface area contributed by atoms with E-state index in [1.54, 1.807) is 25.3 Å². The molecule has 1 amide bonds. The fourth-order valence-electron chi connectivity index (χ4n) is 3.41. The maximum atomic E-state index is 12.7. The summed E-state index contributed by atoms with van der Waals surface area (Å²) in [6.07, 6.45) is 3.83. The lowest BCUT2D eigenvalue weighted by Crippen LogP contribution is -2.15. The van der Waals surface area contributed by atoms with E-state index in [0.717, 1.165) is 47.4 Å². The fraction of sp³-hybridized carbons (Fsp3) is 0.286. The topological polar surface area (TPSA) is 90.7 Å². The summed E-state index contributed by atoms with van der Waals surface area (Å²) < 4.78 is 15.4. The van der Waals surface area contributed by atoms with Crippen LogP contribution in [0.2, 0.25) is 0 Å². The number of amides is 1. The molecule has 2 aromatic heterocycles. The minimum absolute atomic E-state index is 0.137. The van der Waals surface area contributed by atoms with Gasteiger partial charge in [0.15, 0.2) is 11.5 Å². The van der Waals surface area contributed by atoms with Gasteiger partial charge in [-0.25, -0.2) is 4.79 Å². The Morgan fingerprint density at radius 3 is 2.62 bits per heavy atom. The molecule has 0 bridgehead atoms. The zero-order valence-corrected chi connectivity index (χ0v) is 16.9. The number of rotatable bonds is 5. The molecule has 4 rings (SSSR count). The Morgan fingerprint density at radius 2 is 1.90 bits per heavy atom. The number of hydrogen-bond acceptors (Lipinski definition) is 7. The highest BCUT2D eigenvalue weighted by Gasteiger charge is 2.27. The average molecular weight is 412 g/mol. The van der Waals surface area contributed by atoms with Gasteiger partial charge in [-0.1, -0.05) is 5.16 Å². The summed E-state index contributed by atoms with van der Waals surface area (Å²) in [5.41, 5.74) is 2.36. The van der Waals surface area contributed by atoms with E-state index < -0.39 is 11.9 Å². The molecule has 3 aromatic rings. The Labute approximate surface area is 171 Å². The number of aryl methyl sites for hydroxylation is 1. The van der Waals surface area contributed by atoms with Crippen molar-refractivity contribution < 1.29 is 23.6 Å². The number of carbonyl (C=O) groups is 2. The Hall–Kier alpha value is -3.13. The molecule has 0 atom stereocenters. The van der Waals surface area contributed by atoms with Crippen LogP contribution in [0.3, 0.4) is 0 Å². The number of carbonyl (C=O) groups excluding carboxylic acids is 2. The molecule has 150 valence electrons. The number of nitrogens with zero attached hydrogens (tertiary/aromatic N) is 1. The van der Waals surface area contributed by atoms with E-state index in [2.05, 4.69) is 10.5 Å². The van der Waals surface area contributed by atoms with Gasteiger partial charge >= 0.3 is 5.97 Å². The van der Waals surface area contributed by atoms with Gasteiger partial charge in [-0.2, -0.15) is 0 Å². The van der Waals surface area contributed by atoms with Crippen LogP contribution >= 0.6 is 11.3 Å². The van der Waals surface area contributed by atoms with Crippen LogP contribution in [0, 0.1) is 0 Å². The Morgan fingerprint density at radius 1 is 1.14 bits per heavy atom. The number of anilines is 1. The molecule has 0 radical (unpaired) electrons. The lowest BCUT2D eigenvalue weighted by Gasteiger charge is -2.11. The third-order valence-electron chi connectivity index (χ3n) is 4.91. The predicted octanol–water partition coefficient (Wildman–Crippen LogP) is 4.33. The first kappa shape index (κ1) is 19.2. The monoisotopic (exact) mass is 412 g/mol. The van der Waals surface area contributed by atoms with Gasteiger partial charge in [-0.15, -0.1) is 11.3 Å². The maximum Gasteiger partial charge on any atom is 0.341 e. The van der Waals surface area contributed by atoms with Gasteiger partial charge in [-0.05, 0) is 55.5 Å². The van der Waals surface area contributed by atoms with Gasteiger partial charge in [0.05, 0.1) is 19.8 Å². The van der Waals surface area contributed by atoms with Crippen LogP contribution in [-0.2, 0) is 17.6 Å². The summed E-state index contributed by atoms with van der Waals surface area (Å²) in [7, 11) is 2.94. The van der Waals surface area contributed by atoms with Gasteiger partial charge in [0.1, 0.15) is 10.8 Å². The predicted molar refractivity (Wildman–Crippen MR) is 109 cm³/mol. The van der Waals surface area contributed by atoms with Crippen LogP contribution in [0.1, 0.15) is 44.1 Å². The summed E-state index contributed by atoms with van der Waals surface area (Å²) in [5.74, 6) is 0.329. The summed E-state index contributed by atoms with van der Waals surface area (Å²) >= 11 is 1.43. The molecule has 1 aliphatic carbocycles. The molecular weight excluding hydrogens is 392 g/mol. The van der Waals surface area contributed by atoms with Crippen molar-refractivity contribution in [1.82, 2.24) is 5.16 Å². The van der Waals surface area contributed by atoms with Crippen molar-refractivity contribution in [1.29, 1.82) is 0 Å². The number of methoxy groups -OCH3 is 2. The van der Waals surface area contributed by atoms with Crippen molar-refractivity contribution in [2.24, 2.45) is 0 Å². The first-order valence-electron chi connectivity index (χ1n) is 9.26. The maximum absolute atomic E-state index is 12.7. The Kier molecular flexibility index (Phi) is 5.35. The standard InChI is InChI=1S/C21H20N2O5S/c1-26-13-9-7-12(8-10-13)16-11-15(23-28-16)19(24)22-20-18(21(25)27-2)14-5-3-4-6-17(14)29-20/h7-11H,3-6H2,1-2H3,(H,22,24).